The summed E-state index contributed by atoms with van der Waals surface area (Å²) >= 11 is 3.14. The molecule has 1 atom stereocenters. The van der Waals surface area contributed by atoms with Crippen LogP contribution in [0.2, 0.25) is 0 Å². The summed E-state index contributed by atoms with van der Waals surface area (Å²) in [4.78, 5) is 0. The fourth-order valence-electron chi connectivity index (χ4n) is 1.56. The van der Waals surface area contributed by atoms with Gasteiger partial charge >= 0.3 is 0 Å². The van der Waals surface area contributed by atoms with Crippen LogP contribution < -0.4 is 4.74 Å². The summed E-state index contributed by atoms with van der Waals surface area (Å²) in [7, 11) is 1.38. The SMILES string of the molecule is COc1cccc(C(O)c2ccoc2Br)c1F. The minimum Gasteiger partial charge on any atom is -0.494 e. The molecule has 1 N–H and O–H groups in total. The van der Waals surface area contributed by atoms with Gasteiger partial charge in [0.05, 0.1) is 13.4 Å². The van der Waals surface area contributed by atoms with Gasteiger partial charge in [-0.2, -0.15) is 0 Å². The normalized spacial score (nSPS) is 12.5. The van der Waals surface area contributed by atoms with E-state index in [2.05, 4.69) is 15.9 Å². The molecule has 0 amide bonds. The third kappa shape index (κ3) is 2.21. The van der Waals surface area contributed by atoms with Gasteiger partial charge in [0.2, 0.25) is 0 Å². The largest absolute Gasteiger partial charge is 0.494 e. The molecule has 1 aromatic heterocycles. The summed E-state index contributed by atoms with van der Waals surface area (Å²) in [6.45, 7) is 0. The molecule has 2 aromatic rings. The van der Waals surface area contributed by atoms with Crippen LogP contribution in [0.3, 0.4) is 0 Å². The van der Waals surface area contributed by atoms with Crippen LogP contribution in [0.25, 0.3) is 0 Å². The van der Waals surface area contributed by atoms with Gasteiger partial charge in [-0.15, -0.1) is 0 Å². The maximum atomic E-state index is 13.9. The van der Waals surface area contributed by atoms with Gasteiger partial charge in [-0.3, -0.25) is 0 Å². The lowest BCUT2D eigenvalue weighted by Gasteiger charge is -2.12. The Hall–Kier alpha value is -1.33. The lowest BCUT2D eigenvalue weighted by atomic mass is 10.0. The van der Waals surface area contributed by atoms with Crippen LogP contribution in [0.1, 0.15) is 17.2 Å². The van der Waals surface area contributed by atoms with Crippen molar-refractivity contribution in [3.63, 3.8) is 0 Å². The number of hydrogen-bond donors (Lipinski definition) is 1. The molecule has 3 nitrogen and oxygen atoms in total. The highest BCUT2D eigenvalue weighted by molar-refractivity contribution is 9.10. The fraction of sp³-hybridized carbons (Fsp3) is 0.167. The Bertz CT molecular complexity index is 524. The van der Waals surface area contributed by atoms with Crippen LogP contribution in [0, 0.1) is 5.82 Å². The Morgan fingerprint density at radius 2 is 2.12 bits per heavy atom. The van der Waals surface area contributed by atoms with Gasteiger partial charge in [0.25, 0.3) is 0 Å². The van der Waals surface area contributed by atoms with E-state index in [-0.39, 0.29) is 11.3 Å². The molecule has 90 valence electrons. The van der Waals surface area contributed by atoms with Crippen LogP contribution in [0.4, 0.5) is 4.39 Å². The molecule has 1 unspecified atom stereocenters. The van der Waals surface area contributed by atoms with Crippen molar-refractivity contribution in [2.75, 3.05) is 7.11 Å². The van der Waals surface area contributed by atoms with Crippen LogP contribution >= 0.6 is 15.9 Å². The highest BCUT2D eigenvalue weighted by Crippen LogP contribution is 2.33. The van der Waals surface area contributed by atoms with E-state index < -0.39 is 11.9 Å². The molecule has 0 saturated heterocycles. The van der Waals surface area contributed by atoms with Gasteiger partial charge < -0.3 is 14.3 Å². The Morgan fingerprint density at radius 3 is 2.71 bits per heavy atom. The minimum atomic E-state index is -1.10. The van der Waals surface area contributed by atoms with Gasteiger partial charge in [0.1, 0.15) is 6.10 Å². The lowest BCUT2D eigenvalue weighted by molar-refractivity contribution is 0.211. The molecule has 0 spiro atoms. The van der Waals surface area contributed by atoms with E-state index in [9.17, 15) is 9.50 Å². The van der Waals surface area contributed by atoms with E-state index >= 15 is 0 Å². The number of halogens is 2. The number of benzene rings is 1. The van der Waals surface area contributed by atoms with Crippen molar-refractivity contribution in [3.05, 3.63) is 52.1 Å². The van der Waals surface area contributed by atoms with E-state index in [0.717, 1.165) is 0 Å². The lowest BCUT2D eigenvalue weighted by Crippen LogP contribution is -2.03. The van der Waals surface area contributed by atoms with E-state index in [1.807, 2.05) is 0 Å². The molecule has 0 aliphatic rings. The topological polar surface area (TPSA) is 42.6 Å². The Balaban J connectivity index is 2.44. The maximum Gasteiger partial charge on any atom is 0.175 e. The summed E-state index contributed by atoms with van der Waals surface area (Å²) < 4.78 is 24.2. The van der Waals surface area contributed by atoms with Crippen LogP contribution in [-0.4, -0.2) is 12.2 Å². The fourth-order valence-corrected chi connectivity index (χ4v) is 2.02. The van der Waals surface area contributed by atoms with Crippen molar-refractivity contribution in [1.82, 2.24) is 0 Å². The first kappa shape index (κ1) is 12.1. The van der Waals surface area contributed by atoms with Crippen LogP contribution in [0.15, 0.2) is 39.6 Å². The molecule has 0 saturated carbocycles. The van der Waals surface area contributed by atoms with Crippen LogP contribution in [-0.2, 0) is 0 Å². The molecule has 0 aliphatic carbocycles. The highest BCUT2D eigenvalue weighted by Gasteiger charge is 2.21. The molecule has 0 fully saturated rings. The smallest absolute Gasteiger partial charge is 0.175 e. The number of rotatable bonds is 3. The predicted molar refractivity (Wildman–Crippen MR) is 63.4 cm³/mol. The quantitative estimate of drug-likeness (QED) is 0.946. The zero-order valence-corrected chi connectivity index (χ0v) is 10.6. The minimum absolute atomic E-state index is 0.0983. The second kappa shape index (κ2) is 4.89. The molecular weight excluding hydrogens is 291 g/mol. The molecular formula is C12H10BrFO3. The number of hydrogen-bond acceptors (Lipinski definition) is 3. The van der Waals surface area contributed by atoms with Gasteiger partial charge in [-0.1, -0.05) is 12.1 Å². The molecule has 1 heterocycles. The maximum absolute atomic E-state index is 13.9. The first-order valence-corrected chi connectivity index (χ1v) is 5.67. The second-order valence-corrected chi connectivity index (χ2v) is 4.14. The number of ether oxygens (including phenoxy) is 1. The summed E-state index contributed by atoms with van der Waals surface area (Å²) in [6, 6.07) is 6.19. The first-order valence-electron chi connectivity index (χ1n) is 4.88. The number of aliphatic hydroxyl groups excluding tert-OH is 1. The molecule has 0 bridgehead atoms. The summed E-state index contributed by atoms with van der Waals surface area (Å²) in [5, 5.41) is 10.1. The predicted octanol–water partition coefficient (Wildman–Crippen LogP) is 3.27. The van der Waals surface area contributed by atoms with Gasteiger partial charge in [0, 0.05) is 11.1 Å². The van der Waals surface area contributed by atoms with Gasteiger partial charge in [-0.25, -0.2) is 4.39 Å². The van der Waals surface area contributed by atoms with Crippen molar-refractivity contribution >= 4 is 15.9 Å². The van der Waals surface area contributed by atoms with E-state index in [1.165, 1.54) is 25.5 Å². The zero-order chi connectivity index (χ0) is 12.4. The molecule has 1 aromatic carbocycles. The van der Waals surface area contributed by atoms with E-state index in [0.29, 0.717) is 10.2 Å². The van der Waals surface area contributed by atoms with Crippen molar-refractivity contribution in [2.24, 2.45) is 0 Å². The molecule has 2 rings (SSSR count). The number of furan rings is 1. The molecule has 0 radical (unpaired) electrons. The van der Waals surface area contributed by atoms with Crippen LogP contribution in [0.5, 0.6) is 5.75 Å². The number of aliphatic hydroxyl groups is 1. The third-order valence-corrected chi connectivity index (χ3v) is 3.09. The molecule has 17 heavy (non-hydrogen) atoms. The van der Waals surface area contributed by atoms with Gasteiger partial charge in [-0.05, 0) is 28.1 Å². The summed E-state index contributed by atoms with van der Waals surface area (Å²) in [5.74, 6) is -0.475. The highest BCUT2D eigenvalue weighted by atomic mass is 79.9. The van der Waals surface area contributed by atoms with Crippen molar-refractivity contribution in [2.45, 2.75) is 6.10 Å². The Labute approximate surface area is 106 Å². The molecule has 5 heteroatoms. The summed E-state index contributed by atoms with van der Waals surface area (Å²) in [5.41, 5.74) is 0.614. The van der Waals surface area contributed by atoms with E-state index in [1.54, 1.807) is 12.1 Å². The number of methoxy groups -OCH3 is 1. The third-order valence-electron chi connectivity index (χ3n) is 2.45. The summed E-state index contributed by atoms with van der Waals surface area (Å²) in [6.07, 6.45) is 0.319. The van der Waals surface area contributed by atoms with Crippen molar-refractivity contribution in [3.8, 4) is 5.75 Å². The Morgan fingerprint density at radius 1 is 1.35 bits per heavy atom. The average molecular weight is 301 g/mol. The Kier molecular flexibility index (Phi) is 3.49. The average Bonchev–Trinajstić information content (AvgIpc) is 2.75. The first-order chi connectivity index (χ1) is 8.15. The second-order valence-electron chi connectivity index (χ2n) is 3.42. The molecule has 0 aliphatic heterocycles. The standard InChI is InChI=1S/C12H10BrFO3/c1-16-9-4-2-3-7(10(9)14)11(15)8-5-6-17-12(8)13/h2-6,11,15H,1H3. The van der Waals surface area contributed by atoms with Gasteiger partial charge in [0.15, 0.2) is 16.2 Å². The van der Waals surface area contributed by atoms with Crippen molar-refractivity contribution < 1.29 is 18.7 Å². The monoisotopic (exact) mass is 300 g/mol. The van der Waals surface area contributed by atoms with E-state index in [4.69, 9.17) is 9.15 Å². The zero-order valence-electron chi connectivity index (χ0n) is 8.98. The van der Waals surface area contributed by atoms with Crippen molar-refractivity contribution in [1.29, 1.82) is 0 Å².